The van der Waals surface area contributed by atoms with Crippen LogP contribution in [0.25, 0.3) is 11.3 Å². The molecule has 0 unspecified atom stereocenters. The van der Waals surface area contributed by atoms with E-state index in [-0.39, 0.29) is 11.4 Å². The lowest BCUT2D eigenvalue weighted by molar-refractivity contribution is -0.150. The van der Waals surface area contributed by atoms with Gasteiger partial charge in [0.2, 0.25) is 5.91 Å². The Labute approximate surface area is 116 Å². The number of hydrogen-bond acceptors (Lipinski definition) is 4. The predicted molar refractivity (Wildman–Crippen MR) is 67.5 cm³/mol. The zero-order valence-electron chi connectivity index (χ0n) is 10.5. The normalized spacial score (nSPS) is 11.2. The molecule has 0 bridgehead atoms. The molecule has 2 aromatic heterocycles. The van der Waals surface area contributed by atoms with Crippen molar-refractivity contribution in [2.75, 3.05) is 5.32 Å². The van der Waals surface area contributed by atoms with Crippen molar-refractivity contribution in [3.63, 3.8) is 0 Å². The summed E-state index contributed by atoms with van der Waals surface area (Å²) in [4.78, 5) is 26.6. The third kappa shape index (κ3) is 4.16. The molecule has 110 valence electrons. The zero-order valence-corrected chi connectivity index (χ0v) is 10.5. The summed E-state index contributed by atoms with van der Waals surface area (Å²) in [6, 6.07) is 5.82. The average Bonchev–Trinajstić information content (AvgIpc) is 2.40. The molecular weight excluding hydrogens is 289 g/mol. The number of carbonyl (C=O) groups is 1. The number of nitrogens with zero attached hydrogens (tertiary/aromatic N) is 1. The first-order valence-corrected chi connectivity index (χ1v) is 5.76. The van der Waals surface area contributed by atoms with E-state index >= 15 is 0 Å². The molecular formula is C13H9F3N2O3. The molecule has 0 saturated heterocycles. The van der Waals surface area contributed by atoms with Crippen molar-refractivity contribution in [1.82, 2.24) is 4.98 Å². The van der Waals surface area contributed by atoms with Crippen LogP contribution >= 0.6 is 0 Å². The molecule has 0 aliphatic carbocycles. The average molecular weight is 298 g/mol. The first-order valence-electron chi connectivity index (χ1n) is 5.76. The Morgan fingerprint density at radius 2 is 2.05 bits per heavy atom. The van der Waals surface area contributed by atoms with Crippen molar-refractivity contribution in [2.24, 2.45) is 0 Å². The maximum atomic E-state index is 12.0. The minimum Gasteiger partial charge on any atom is -0.421 e. The maximum Gasteiger partial charge on any atom is 0.397 e. The van der Waals surface area contributed by atoms with Crippen LogP contribution in [0, 0.1) is 0 Å². The lowest BCUT2D eigenvalue weighted by atomic mass is 10.2. The van der Waals surface area contributed by atoms with Crippen LogP contribution in [0.3, 0.4) is 0 Å². The van der Waals surface area contributed by atoms with Crippen molar-refractivity contribution in [1.29, 1.82) is 0 Å². The summed E-state index contributed by atoms with van der Waals surface area (Å²) in [6.07, 6.45) is -3.32. The van der Waals surface area contributed by atoms with Crippen LogP contribution < -0.4 is 10.9 Å². The van der Waals surface area contributed by atoms with Crippen molar-refractivity contribution < 1.29 is 22.4 Å². The summed E-state index contributed by atoms with van der Waals surface area (Å²) >= 11 is 0. The van der Waals surface area contributed by atoms with Crippen LogP contribution in [-0.2, 0) is 4.79 Å². The SMILES string of the molecule is O=C(CC(F)(F)F)Nc1ccc(-c2cccnc2)oc1=O. The molecule has 2 rings (SSSR count). The number of pyridine rings is 1. The van der Waals surface area contributed by atoms with Crippen LogP contribution in [0.15, 0.2) is 45.9 Å². The highest BCUT2D eigenvalue weighted by Gasteiger charge is 2.31. The molecule has 0 aliphatic rings. The summed E-state index contributed by atoms with van der Waals surface area (Å²) in [5.74, 6) is -1.13. The van der Waals surface area contributed by atoms with Gasteiger partial charge in [0.25, 0.3) is 0 Å². The molecule has 0 spiro atoms. The Bertz CT molecular complexity index is 696. The van der Waals surface area contributed by atoms with Gasteiger partial charge < -0.3 is 9.73 Å². The summed E-state index contributed by atoms with van der Waals surface area (Å²) in [5, 5.41) is 1.86. The monoisotopic (exact) mass is 298 g/mol. The molecule has 0 fully saturated rings. The smallest absolute Gasteiger partial charge is 0.397 e. The third-order valence-electron chi connectivity index (χ3n) is 2.41. The second-order valence-corrected chi connectivity index (χ2v) is 4.08. The molecule has 0 atom stereocenters. The lowest BCUT2D eigenvalue weighted by Gasteiger charge is -2.07. The number of nitrogens with one attached hydrogen (secondary N) is 1. The van der Waals surface area contributed by atoms with Crippen molar-refractivity contribution in [2.45, 2.75) is 12.6 Å². The van der Waals surface area contributed by atoms with E-state index < -0.39 is 24.1 Å². The molecule has 0 aromatic carbocycles. The lowest BCUT2D eigenvalue weighted by Crippen LogP contribution is -2.23. The van der Waals surface area contributed by atoms with Crippen LogP contribution in [0.5, 0.6) is 0 Å². The van der Waals surface area contributed by atoms with E-state index in [0.29, 0.717) is 5.56 Å². The van der Waals surface area contributed by atoms with Gasteiger partial charge in [0.15, 0.2) is 0 Å². The summed E-state index contributed by atoms with van der Waals surface area (Å²) < 4.78 is 41.0. The van der Waals surface area contributed by atoms with Gasteiger partial charge in [-0.25, -0.2) is 4.79 Å². The fraction of sp³-hybridized carbons (Fsp3) is 0.154. The van der Waals surface area contributed by atoms with Crippen molar-refractivity contribution >= 4 is 11.6 Å². The Balaban J connectivity index is 2.17. The molecule has 2 aromatic rings. The fourth-order valence-corrected chi connectivity index (χ4v) is 1.55. The summed E-state index contributed by atoms with van der Waals surface area (Å²) in [6.45, 7) is 0. The number of anilines is 1. The van der Waals surface area contributed by atoms with Gasteiger partial charge in [-0.05, 0) is 24.3 Å². The van der Waals surface area contributed by atoms with E-state index in [0.717, 1.165) is 0 Å². The van der Waals surface area contributed by atoms with Gasteiger partial charge in [-0.2, -0.15) is 13.2 Å². The highest BCUT2D eigenvalue weighted by atomic mass is 19.4. The van der Waals surface area contributed by atoms with Crippen LogP contribution in [0.4, 0.5) is 18.9 Å². The predicted octanol–water partition coefficient (Wildman–Crippen LogP) is 2.59. The van der Waals surface area contributed by atoms with Gasteiger partial charge in [0, 0.05) is 18.0 Å². The molecule has 0 radical (unpaired) electrons. The standard InChI is InChI=1S/C13H9F3N2O3/c14-13(15,16)6-11(19)18-9-3-4-10(21-12(9)20)8-2-1-5-17-7-8/h1-5,7H,6H2,(H,18,19). The first kappa shape index (κ1) is 14.8. The third-order valence-corrected chi connectivity index (χ3v) is 2.41. The largest absolute Gasteiger partial charge is 0.421 e. The Kier molecular flexibility index (Phi) is 4.06. The molecule has 1 N–H and O–H groups in total. The van der Waals surface area contributed by atoms with E-state index in [9.17, 15) is 22.8 Å². The molecule has 0 saturated carbocycles. The number of rotatable bonds is 3. The Morgan fingerprint density at radius 1 is 1.29 bits per heavy atom. The summed E-state index contributed by atoms with van der Waals surface area (Å²) in [5.41, 5.74) is -0.758. The molecule has 21 heavy (non-hydrogen) atoms. The maximum absolute atomic E-state index is 12.0. The van der Waals surface area contributed by atoms with Gasteiger partial charge in [-0.3, -0.25) is 9.78 Å². The van der Waals surface area contributed by atoms with E-state index in [4.69, 9.17) is 4.42 Å². The number of carbonyl (C=O) groups excluding carboxylic acids is 1. The van der Waals surface area contributed by atoms with Gasteiger partial charge >= 0.3 is 11.8 Å². The number of aromatic nitrogens is 1. The van der Waals surface area contributed by atoms with Gasteiger partial charge in [-0.1, -0.05) is 0 Å². The van der Waals surface area contributed by atoms with E-state index in [2.05, 4.69) is 4.98 Å². The van der Waals surface area contributed by atoms with E-state index in [1.165, 1.54) is 24.5 Å². The van der Waals surface area contributed by atoms with Crippen molar-refractivity contribution in [3.05, 3.63) is 47.1 Å². The minimum atomic E-state index is -4.64. The Morgan fingerprint density at radius 3 is 2.62 bits per heavy atom. The van der Waals surface area contributed by atoms with Crippen LogP contribution in [-0.4, -0.2) is 17.1 Å². The minimum absolute atomic E-state index is 0.196. The second-order valence-electron chi connectivity index (χ2n) is 4.08. The first-order chi connectivity index (χ1) is 9.85. The van der Waals surface area contributed by atoms with Crippen LogP contribution in [0.2, 0.25) is 0 Å². The fourth-order valence-electron chi connectivity index (χ4n) is 1.55. The summed E-state index contributed by atoms with van der Waals surface area (Å²) in [7, 11) is 0. The second kappa shape index (κ2) is 5.78. The molecule has 8 heteroatoms. The number of halogens is 3. The van der Waals surface area contributed by atoms with Gasteiger partial charge in [-0.15, -0.1) is 0 Å². The highest BCUT2D eigenvalue weighted by Crippen LogP contribution is 2.21. The van der Waals surface area contributed by atoms with Gasteiger partial charge in [0.1, 0.15) is 17.9 Å². The van der Waals surface area contributed by atoms with Gasteiger partial charge in [0.05, 0.1) is 0 Å². The quantitative estimate of drug-likeness (QED) is 0.945. The molecule has 1 amide bonds. The molecule has 0 aliphatic heterocycles. The number of amides is 1. The molecule has 5 nitrogen and oxygen atoms in total. The Hall–Kier alpha value is -2.64. The van der Waals surface area contributed by atoms with E-state index in [1.807, 2.05) is 5.32 Å². The van der Waals surface area contributed by atoms with E-state index in [1.54, 1.807) is 12.1 Å². The number of alkyl halides is 3. The topological polar surface area (TPSA) is 72.2 Å². The van der Waals surface area contributed by atoms with Crippen molar-refractivity contribution in [3.8, 4) is 11.3 Å². The molecule has 2 heterocycles. The zero-order chi connectivity index (χ0) is 15.5. The highest BCUT2D eigenvalue weighted by molar-refractivity contribution is 5.90. The van der Waals surface area contributed by atoms with Crippen LogP contribution in [0.1, 0.15) is 6.42 Å². The number of hydrogen-bond donors (Lipinski definition) is 1.